The van der Waals surface area contributed by atoms with E-state index < -0.39 is 0 Å². The van der Waals surface area contributed by atoms with Crippen molar-refractivity contribution < 1.29 is 4.79 Å². The molecule has 0 aliphatic carbocycles. The second-order valence-corrected chi connectivity index (χ2v) is 10.2. The maximum Gasteiger partial charge on any atom is 0.228 e. The number of benzene rings is 2. The van der Waals surface area contributed by atoms with Crippen molar-refractivity contribution in [3.63, 3.8) is 0 Å². The van der Waals surface area contributed by atoms with E-state index in [9.17, 15) is 4.79 Å². The van der Waals surface area contributed by atoms with Crippen molar-refractivity contribution in [3.05, 3.63) is 93.6 Å². The van der Waals surface area contributed by atoms with Crippen LogP contribution in [0.5, 0.6) is 0 Å². The first-order valence-electron chi connectivity index (χ1n) is 11.7. The van der Waals surface area contributed by atoms with Gasteiger partial charge in [0.15, 0.2) is 0 Å². The van der Waals surface area contributed by atoms with E-state index in [1.54, 1.807) is 0 Å². The lowest BCUT2D eigenvalue weighted by Gasteiger charge is -2.44. The van der Waals surface area contributed by atoms with E-state index in [-0.39, 0.29) is 17.4 Å². The van der Waals surface area contributed by atoms with E-state index in [1.807, 2.05) is 48.2 Å². The smallest absolute Gasteiger partial charge is 0.228 e. The van der Waals surface area contributed by atoms with Crippen molar-refractivity contribution in [1.29, 1.82) is 0 Å². The number of rotatable bonds is 7. The molecule has 2 heterocycles. The third-order valence-corrected chi connectivity index (χ3v) is 7.89. The number of anilines is 1. The predicted octanol–water partition coefficient (Wildman–Crippen LogP) is 6.84. The van der Waals surface area contributed by atoms with Gasteiger partial charge in [0, 0.05) is 30.1 Å². The number of carbonyl (C=O) groups is 1. The molecule has 178 valence electrons. The predicted molar refractivity (Wildman–Crippen MR) is 141 cm³/mol. The van der Waals surface area contributed by atoms with Gasteiger partial charge < -0.3 is 0 Å². The molecular formula is C28H31Cl2N3O. The fourth-order valence-corrected chi connectivity index (χ4v) is 5.12. The molecule has 4 nitrogen and oxygen atoms in total. The second-order valence-electron chi connectivity index (χ2n) is 9.34. The summed E-state index contributed by atoms with van der Waals surface area (Å²) < 4.78 is 0. The largest absolute Gasteiger partial charge is 0.300 e. The molecule has 1 aliphatic rings. The maximum absolute atomic E-state index is 13.0. The summed E-state index contributed by atoms with van der Waals surface area (Å²) >= 11 is 12.7. The molecular weight excluding hydrogens is 465 g/mol. The minimum Gasteiger partial charge on any atom is -0.300 e. The quantitative estimate of drug-likeness (QED) is 0.359. The normalized spacial score (nSPS) is 19.5. The van der Waals surface area contributed by atoms with Crippen LogP contribution in [-0.4, -0.2) is 35.9 Å². The van der Waals surface area contributed by atoms with Crippen LogP contribution >= 0.6 is 23.2 Å². The lowest BCUT2D eigenvalue weighted by Crippen LogP contribution is -2.50. The Labute approximate surface area is 212 Å². The lowest BCUT2D eigenvalue weighted by atomic mass is 9.71. The average Bonchev–Trinajstić information content (AvgIpc) is 2.85. The Balaban J connectivity index is 1.65. The highest BCUT2D eigenvalue weighted by Crippen LogP contribution is 2.41. The number of piperidine rings is 1. The van der Waals surface area contributed by atoms with Gasteiger partial charge in [-0.25, -0.2) is 4.98 Å². The summed E-state index contributed by atoms with van der Waals surface area (Å²) in [7, 11) is 2.16. The monoisotopic (exact) mass is 495 g/mol. The van der Waals surface area contributed by atoms with E-state index in [4.69, 9.17) is 23.2 Å². The third kappa shape index (κ3) is 5.30. The molecule has 2 atom stereocenters. The molecule has 1 aromatic heterocycles. The van der Waals surface area contributed by atoms with Crippen LogP contribution in [0.15, 0.2) is 66.7 Å². The second kappa shape index (κ2) is 10.5. The fraction of sp³-hybridized carbons (Fsp3) is 0.357. The Bertz CT molecular complexity index is 1150. The molecule has 4 rings (SSSR count). The van der Waals surface area contributed by atoms with Gasteiger partial charge in [0.2, 0.25) is 5.91 Å². The first-order chi connectivity index (χ1) is 16.3. The number of aromatic nitrogens is 1. The minimum absolute atomic E-state index is 0.111. The van der Waals surface area contributed by atoms with E-state index in [0.29, 0.717) is 28.8 Å². The van der Waals surface area contributed by atoms with Crippen molar-refractivity contribution in [1.82, 2.24) is 9.88 Å². The molecule has 1 amide bonds. The number of aryl methyl sites for hydroxylation is 1. The zero-order valence-electron chi connectivity index (χ0n) is 20.0. The summed E-state index contributed by atoms with van der Waals surface area (Å²) in [4.78, 5) is 21.9. The molecule has 3 aromatic rings. The summed E-state index contributed by atoms with van der Waals surface area (Å²) in [6.07, 6.45) is 2.11. The van der Waals surface area contributed by atoms with Crippen LogP contribution < -0.4 is 4.90 Å². The number of hydrogen-bond acceptors (Lipinski definition) is 3. The summed E-state index contributed by atoms with van der Waals surface area (Å²) in [6.45, 7) is 5.62. The van der Waals surface area contributed by atoms with Crippen molar-refractivity contribution in [2.75, 3.05) is 25.0 Å². The van der Waals surface area contributed by atoms with E-state index in [0.717, 1.165) is 30.6 Å². The number of nitrogens with zero attached hydrogens (tertiary/aromatic N) is 3. The summed E-state index contributed by atoms with van der Waals surface area (Å²) in [5.74, 6) is 0.819. The SMILES string of the molecule is Cc1cccc(N2C[C@@](CCN(C)[C@H](C)c3ccccc3)(c3ccc(Cl)c(Cl)c3)CCC2=O)n1. The van der Waals surface area contributed by atoms with Gasteiger partial charge in [0.1, 0.15) is 5.82 Å². The molecule has 6 heteroatoms. The average molecular weight is 496 g/mol. The number of carbonyl (C=O) groups excluding carboxylic acids is 1. The van der Waals surface area contributed by atoms with Gasteiger partial charge in [0.25, 0.3) is 0 Å². The van der Waals surface area contributed by atoms with Crippen molar-refractivity contribution in [3.8, 4) is 0 Å². The standard InChI is InChI=1S/C28H31Cl2N3O/c1-20-8-7-11-26(31-20)33-19-28(15-14-27(33)34,23-12-13-24(29)25(30)18-23)16-17-32(3)21(2)22-9-5-4-6-10-22/h4-13,18,21H,14-17,19H2,1-3H3/t21-,28-/m1/s1. The topological polar surface area (TPSA) is 36.4 Å². The van der Waals surface area contributed by atoms with Crippen molar-refractivity contribution >= 4 is 34.9 Å². The molecule has 0 bridgehead atoms. The van der Waals surface area contributed by atoms with Gasteiger partial charge in [0.05, 0.1) is 10.0 Å². The fourth-order valence-electron chi connectivity index (χ4n) is 4.82. The number of amides is 1. The van der Waals surface area contributed by atoms with Gasteiger partial charge in [-0.1, -0.05) is 65.7 Å². The van der Waals surface area contributed by atoms with E-state index >= 15 is 0 Å². The first kappa shape index (κ1) is 24.7. The molecule has 1 saturated heterocycles. The third-order valence-electron chi connectivity index (χ3n) is 7.15. The molecule has 0 radical (unpaired) electrons. The Kier molecular flexibility index (Phi) is 7.61. The summed E-state index contributed by atoms with van der Waals surface area (Å²) in [6, 6.07) is 22.5. The van der Waals surface area contributed by atoms with Crippen molar-refractivity contribution in [2.24, 2.45) is 0 Å². The number of hydrogen-bond donors (Lipinski definition) is 0. The van der Waals surface area contributed by atoms with Gasteiger partial charge in [-0.3, -0.25) is 14.6 Å². The number of pyridine rings is 1. The highest BCUT2D eigenvalue weighted by Gasteiger charge is 2.41. The van der Waals surface area contributed by atoms with Crippen LogP contribution in [0, 0.1) is 6.92 Å². The highest BCUT2D eigenvalue weighted by molar-refractivity contribution is 6.42. The van der Waals surface area contributed by atoms with Crippen LogP contribution in [0.3, 0.4) is 0 Å². The lowest BCUT2D eigenvalue weighted by molar-refractivity contribution is -0.120. The summed E-state index contributed by atoms with van der Waals surface area (Å²) in [5, 5.41) is 1.08. The van der Waals surface area contributed by atoms with Gasteiger partial charge in [-0.15, -0.1) is 0 Å². The van der Waals surface area contributed by atoms with Crippen LogP contribution in [0.25, 0.3) is 0 Å². The Morgan fingerprint density at radius 1 is 1.06 bits per heavy atom. The van der Waals surface area contributed by atoms with Gasteiger partial charge in [-0.2, -0.15) is 0 Å². The molecule has 0 spiro atoms. The number of halogens is 2. The van der Waals surface area contributed by atoms with Crippen LogP contribution in [0.2, 0.25) is 10.0 Å². The molecule has 0 N–H and O–H groups in total. The van der Waals surface area contributed by atoms with Crippen LogP contribution in [0.1, 0.15) is 49.0 Å². The van der Waals surface area contributed by atoms with Crippen LogP contribution in [0.4, 0.5) is 5.82 Å². The van der Waals surface area contributed by atoms with Crippen molar-refractivity contribution in [2.45, 2.75) is 44.6 Å². The van der Waals surface area contributed by atoms with Gasteiger partial charge in [-0.05, 0) is 75.7 Å². The minimum atomic E-state index is -0.252. The highest BCUT2D eigenvalue weighted by atomic mass is 35.5. The Morgan fingerprint density at radius 2 is 1.82 bits per heavy atom. The molecule has 0 saturated carbocycles. The molecule has 0 unspecified atom stereocenters. The Morgan fingerprint density at radius 3 is 2.53 bits per heavy atom. The molecule has 2 aromatic carbocycles. The Hall–Kier alpha value is -2.40. The van der Waals surface area contributed by atoms with Gasteiger partial charge >= 0.3 is 0 Å². The zero-order chi connectivity index (χ0) is 24.3. The molecule has 1 fully saturated rings. The van der Waals surface area contributed by atoms with E-state index in [2.05, 4.69) is 54.2 Å². The molecule has 34 heavy (non-hydrogen) atoms. The first-order valence-corrected chi connectivity index (χ1v) is 12.5. The van der Waals surface area contributed by atoms with Crippen LogP contribution in [-0.2, 0) is 10.2 Å². The molecule has 1 aliphatic heterocycles. The zero-order valence-corrected chi connectivity index (χ0v) is 21.5. The summed E-state index contributed by atoms with van der Waals surface area (Å²) in [5.41, 5.74) is 3.05. The van der Waals surface area contributed by atoms with E-state index in [1.165, 1.54) is 5.56 Å². The maximum atomic E-state index is 13.0.